The molecule has 0 fully saturated rings. The lowest BCUT2D eigenvalue weighted by Crippen LogP contribution is -2.42. The van der Waals surface area contributed by atoms with Gasteiger partial charge in [0.15, 0.2) is 0 Å². The first kappa shape index (κ1) is 17.0. The van der Waals surface area contributed by atoms with Crippen LogP contribution in [0.15, 0.2) is 33.9 Å². The third-order valence-electron chi connectivity index (χ3n) is 3.12. The average molecular weight is 334 g/mol. The minimum absolute atomic E-state index is 0.0480. The molecule has 0 aliphatic heterocycles. The van der Waals surface area contributed by atoms with E-state index in [4.69, 9.17) is 10.2 Å². The molecule has 0 saturated carbocycles. The first-order valence-electron chi connectivity index (χ1n) is 7.05. The van der Waals surface area contributed by atoms with Crippen LogP contribution in [0.3, 0.4) is 0 Å². The molecule has 7 nitrogen and oxygen atoms in total. The molecule has 1 aromatic heterocycles. The van der Waals surface area contributed by atoms with Gasteiger partial charge in [-0.3, -0.25) is 10.1 Å². The van der Waals surface area contributed by atoms with Gasteiger partial charge >= 0.3 is 6.03 Å². The quantitative estimate of drug-likeness (QED) is 0.812. The molecule has 2 aromatic rings. The van der Waals surface area contributed by atoms with Gasteiger partial charge < -0.3 is 10.2 Å². The summed E-state index contributed by atoms with van der Waals surface area (Å²) in [6, 6.07) is 6.76. The molecule has 8 heteroatoms. The van der Waals surface area contributed by atoms with Crippen molar-refractivity contribution in [1.82, 2.24) is 15.5 Å². The zero-order valence-corrected chi connectivity index (χ0v) is 13.9. The highest BCUT2D eigenvalue weighted by molar-refractivity contribution is 8.00. The number of aryl methyl sites for hydroxylation is 1. The van der Waals surface area contributed by atoms with Crippen molar-refractivity contribution in [3.63, 3.8) is 0 Å². The Labute approximate surface area is 138 Å². The highest BCUT2D eigenvalue weighted by atomic mass is 32.2. The molecule has 0 aliphatic carbocycles. The maximum atomic E-state index is 12.0. The Kier molecular flexibility index (Phi) is 5.38. The van der Waals surface area contributed by atoms with Crippen molar-refractivity contribution in [1.29, 1.82) is 0 Å². The number of aromatic nitrogens is 2. The largest absolute Gasteiger partial charge is 0.411 e. The van der Waals surface area contributed by atoms with Gasteiger partial charge in [-0.05, 0) is 24.5 Å². The van der Waals surface area contributed by atoms with E-state index < -0.39 is 17.2 Å². The molecule has 3 N–H and O–H groups in total. The number of nitrogens with two attached hydrogens (primary N) is 1. The normalized spacial score (nSPS) is 12.2. The Hall–Kier alpha value is -2.35. The van der Waals surface area contributed by atoms with Gasteiger partial charge in [-0.1, -0.05) is 43.8 Å². The zero-order valence-electron chi connectivity index (χ0n) is 13.1. The third kappa shape index (κ3) is 4.32. The van der Waals surface area contributed by atoms with Crippen LogP contribution in [0, 0.1) is 12.8 Å². The summed E-state index contributed by atoms with van der Waals surface area (Å²) in [5.74, 6) is -0.135. The number of primary amides is 1. The van der Waals surface area contributed by atoms with Crippen LogP contribution in [0.1, 0.15) is 19.4 Å². The van der Waals surface area contributed by atoms with Crippen LogP contribution in [-0.4, -0.2) is 27.4 Å². The van der Waals surface area contributed by atoms with Crippen molar-refractivity contribution in [2.45, 2.75) is 31.2 Å². The first-order valence-corrected chi connectivity index (χ1v) is 7.93. The number of hydrogen-bond donors (Lipinski definition) is 2. The fourth-order valence-electron chi connectivity index (χ4n) is 1.97. The molecule has 0 unspecified atom stereocenters. The summed E-state index contributed by atoms with van der Waals surface area (Å²) in [6.07, 6.45) is 0. The molecular formula is C15H18N4O3S. The molecule has 0 saturated heterocycles. The van der Waals surface area contributed by atoms with Crippen LogP contribution in [0.25, 0.3) is 11.5 Å². The van der Waals surface area contributed by atoms with Crippen molar-refractivity contribution >= 4 is 23.7 Å². The van der Waals surface area contributed by atoms with E-state index in [9.17, 15) is 9.59 Å². The van der Waals surface area contributed by atoms with E-state index in [0.29, 0.717) is 5.89 Å². The van der Waals surface area contributed by atoms with Gasteiger partial charge in [0, 0.05) is 5.56 Å². The van der Waals surface area contributed by atoms with Crippen molar-refractivity contribution in [3.05, 3.63) is 29.8 Å². The minimum atomic E-state index is -0.882. The van der Waals surface area contributed by atoms with Crippen LogP contribution in [0.4, 0.5) is 4.79 Å². The molecule has 23 heavy (non-hydrogen) atoms. The number of imide groups is 1. The molecule has 1 atom stereocenters. The van der Waals surface area contributed by atoms with Crippen LogP contribution in [-0.2, 0) is 4.79 Å². The van der Waals surface area contributed by atoms with Gasteiger partial charge in [0.25, 0.3) is 5.22 Å². The fourth-order valence-corrected chi connectivity index (χ4v) is 2.84. The highest BCUT2D eigenvalue weighted by Crippen LogP contribution is 2.30. The fraction of sp³-hybridized carbons (Fsp3) is 0.333. The number of nitrogens with one attached hydrogen (secondary N) is 1. The molecule has 122 valence electrons. The second-order valence-electron chi connectivity index (χ2n) is 5.32. The van der Waals surface area contributed by atoms with Gasteiger partial charge in [0.2, 0.25) is 11.8 Å². The Morgan fingerprint density at radius 1 is 1.26 bits per heavy atom. The van der Waals surface area contributed by atoms with E-state index in [2.05, 4.69) is 15.5 Å². The predicted molar refractivity (Wildman–Crippen MR) is 86.7 cm³/mol. The maximum absolute atomic E-state index is 12.0. The standard InChI is InChI=1S/C15H18N4O3S/c1-8(2)11(12(20)17-14(16)21)23-15-19-18-13(22-15)10-7-5-4-6-9(10)3/h4-8,11H,1-3H3,(H3,16,17,20,21)/t11-/m0/s1. The maximum Gasteiger partial charge on any atom is 0.318 e. The molecule has 1 aromatic carbocycles. The molecule has 2 rings (SSSR count). The number of hydrogen-bond acceptors (Lipinski definition) is 6. The van der Waals surface area contributed by atoms with E-state index in [1.54, 1.807) is 0 Å². The van der Waals surface area contributed by atoms with E-state index in [0.717, 1.165) is 22.9 Å². The van der Waals surface area contributed by atoms with Crippen LogP contribution in [0.5, 0.6) is 0 Å². The second-order valence-corrected chi connectivity index (χ2v) is 6.42. The SMILES string of the molecule is Cc1ccccc1-c1nnc(S[C@H](C(=O)NC(N)=O)C(C)C)o1. The number of urea groups is 1. The van der Waals surface area contributed by atoms with Gasteiger partial charge in [-0.25, -0.2) is 4.79 Å². The monoisotopic (exact) mass is 334 g/mol. The molecule has 1 heterocycles. The van der Waals surface area contributed by atoms with Gasteiger partial charge in [-0.2, -0.15) is 0 Å². The summed E-state index contributed by atoms with van der Waals surface area (Å²) in [4.78, 5) is 22.9. The number of carbonyl (C=O) groups is 2. The summed E-state index contributed by atoms with van der Waals surface area (Å²) < 4.78 is 5.63. The molecule has 0 aliphatic rings. The summed E-state index contributed by atoms with van der Waals surface area (Å²) in [5.41, 5.74) is 6.85. The van der Waals surface area contributed by atoms with Crippen LogP contribution >= 0.6 is 11.8 Å². The van der Waals surface area contributed by atoms with Gasteiger partial charge in [-0.15, -0.1) is 10.2 Å². The minimum Gasteiger partial charge on any atom is -0.411 e. The number of thioether (sulfide) groups is 1. The van der Waals surface area contributed by atoms with E-state index in [-0.39, 0.29) is 11.1 Å². The van der Waals surface area contributed by atoms with Crippen molar-refractivity contribution < 1.29 is 14.0 Å². The van der Waals surface area contributed by atoms with Crippen molar-refractivity contribution in [2.24, 2.45) is 11.7 Å². The van der Waals surface area contributed by atoms with E-state index >= 15 is 0 Å². The number of benzene rings is 1. The Balaban J connectivity index is 2.18. The van der Waals surface area contributed by atoms with Gasteiger partial charge in [0.05, 0.1) is 5.25 Å². The van der Waals surface area contributed by atoms with Crippen LogP contribution < -0.4 is 11.1 Å². The highest BCUT2D eigenvalue weighted by Gasteiger charge is 2.27. The lowest BCUT2D eigenvalue weighted by Gasteiger charge is -2.16. The number of rotatable bonds is 5. The van der Waals surface area contributed by atoms with E-state index in [1.165, 1.54) is 0 Å². The Morgan fingerprint density at radius 3 is 2.57 bits per heavy atom. The zero-order chi connectivity index (χ0) is 17.0. The molecule has 0 bridgehead atoms. The van der Waals surface area contributed by atoms with Gasteiger partial charge in [0.1, 0.15) is 0 Å². The predicted octanol–water partition coefficient (Wildman–Crippen LogP) is 2.36. The topological polar surface area (TPSA) is 111 Å². The van der Waals surface area contributed by atoms with E-state index in [1.807, 2.05) is 45.0 Å². The van der Waals surface area contributed by atoms with Crippen molar-refractivity contribution in [2.75, 3.05) is 0 Å². The Bertz CT molecular complexity index is 714. The molecule has 3 amide bonds. The summed E-state index contributed by atoms with van der Waals surface area (Å²) >= 11 is 1.11. The molecular weight excluding hydrogens is 316 g/mol. The number of carbonyl (C=O) groups excluding carboxylic acids is 2. The summed E-state index contributed by atoms with van der Waals surface area (Å²) in [6.45, 7) is 5.66. The smallest absolute Gasteiger partial charge is 0.318 e. The van der Waals surface area contributed by atoms with Crippen LogP contribution in [0.2, 0.25) is 0 Å². The lowest BCUT2D eigenvalue weighted by atomic mass is 10.1. The summed E-state index contributed by atoms with van der Waals surface area (Å²) in [7, 11) is 0. The first-order chi connectivity index (χ1) is 10.9. The number of nitrogens with zero attached hydrogens (tertiary/aromatic N) is 2. The second kappa shape index (κ2) is 7.28. The Morgan fingerprint density at radius 2 is 1.96 bits per heavy atom. The average Bonchev–Trinajstić information content (AvgIpc) is 2.92. The number of amides is 3. The van der Waals surface area contributed by atoms with Crippen molar-refractivity contribution in [3.8, 4) is 11.5 Å². The molecule has 0 spiro atoms. The molecule has 0 radical (unpaired) electrons. The lowest BCUT2D eigenvalue weighted by molar-refractivity contribution is -0.120. The third-order valence-corrected chi connectivity index (χ3v) is 4.50. The summed E-state index contributed by atoms with van der Waals surface area (Å²) in [5, 5.41) is 9.77.